The summed E-state index contributed by atoms with van der Waals surface area (Å²) in [6.45, 7) is -0.159. The van der Waals surface area contributed by atoms with Gasteiger partial charge in [-0.25, -0.2) is 5.01 Å². The van der Waals surface area contributed by atoms with Crippen molar-refractivity contribution >= 4 is 17.7 Å². The van der Waals surface area contributed by atoms with Gasteiger partial charge in [0.15, 0.2) is 0 Å². The molecule has 1 aliphatic carbocycles. The highest BCUT2D eigenvalue weighted by molar-refractivity contribution is 6.08. The number of benzene rings is 2. The molecule has 1 amide bonds. The Labute approximate surface area is 163 Å². The van der Waals surface area contributed by atoms with Crippen molar-refractivity contribution in [1.29, 1.82) is 5.53 Å². The first-order valence-electron chi connectivity index (χ1n) is 9.52. The van der Waals surface area contributed by atoms with Crippen LogP contribution in [0.2, 0.25) is 0 Å². The smallest absolute Gasteiger partial charge is 0.270 e. The largest absolute Gasteiger partial charge is 0.272 e. The minimum atomic E-state index is -0.231. The Hall–Kier alpha value is -3.37. The molecule has 0 spiro atoms. The molecular weight excluding hydrogens is 350 g/mol. The van der Waals surface area contributed by atoms with Crippen molar-refractivity contribution < 1.29 is 4.79 Å². The number of hydrogen-bond donors (Lipinski definition) is 1. The van der Waals surface area contributed by atoms with Gasteiger partial charge in [0.25, 0.3) is 5.91 Å². The van der Waals surface area contributed by atoms with Crippen LogP contribution >= 0.6 is 0 Å². The topological polar surface area (TPSA) is 83.0 Å². The van der Waals surface area contributed by atoms with Gasteiger partial charge in [0, 0.05) is 5.92 Å². The molecule has 1 heterocycles. The number of amides is 1. The summed E-state index contributed by atoms with van der Waals surface area (Å²) >= 11 is 0. The molecule has 2 aromatic carbocycles. The zero-order valence-corrected chi connectivity index (χ0v) is 15.5. The lowest BCUT2D eigenvalue weighted by atomic mass is 9.77. The minimum Gasteiger partial charge on any atom is -0.270 e. The van der Waals surface area contributed by atoms with E-state index in [1.807, 2.05) is 48.5 Å². The maximum atomic E-state index is 12.8. The van der Waals surface area contributed by atoms with E-state index in [1.54, 1.807) is 5.01 Å². The van der Waals surface area contributed by atoms with Gasteiger partial charge in [-0.05, 0) is 42.0 Å². The number of hydrogen-bond acceptors (Lipinski definition) is 4. The molecule has 2 aliphatic rings. The van der Waals surface area contributed by atoms with Gasteiger partial charge in [0.1, 0.15) is 10.6 Å². The summed E-state index contributed by atoms with van der Waals surface area (Å²) in [7, 11) is 0. The second-order valence-corrected chi connectivity index (χ2v) is 7.06. The summed E-state index contributed by atoms with van der Waals surface area (Å²) in [6.07, 6.45) is 5.21. The van der Waals surface area contributed by atoms with E-state index < -0.39 is 0 Å². The van der Waals surface area contributed by atoms with Crippen LogP contribution in [0.1, 0.15) is 36.4 Å². The summed E-state index contributed by atoms with van der Waals surface area (Å²) in [5.41, 5.74) is 11.3. The van der Waals surface area contributed by atoms with Crippen molar-refractivity contribution in [3.05, 3.63) is 77.4 Å². The lowest BCUT2D eigenvalue weighted by Gasteiger charge is -2.29. The van der Waals surface area contributed by atoms with Crippen LogP contribution in [0, 0.1) is 11.4 Å². The van der Waals surface area contributed by atoms with Crippen LogP contribution in [0.15, 0.2) is 76.5 Å². The molecule has 0 bridgehead atoms. The van der Waals surface area contributed by atoms with Gasteiger partial charge >= 0.3 is 0 Å². The van der Waals surface area contributed by atoms with Crippen molar-refractivity contribution in [1.82, 2.24) is 9.92 Å². The van der Waals surface area contributed by atoms with E-state index in [9.17, 15) is 4.79 Å². The number of carbonyl (C=O) groups excluding carboxylic acids is 1. The number of allylic oxidation sites excluding steroid dienone is 1. The Bertz CT molecular complexity index is 961. The maximum absolute atomic E-state index is 12.8. The lowest BCUT2D eigenvalue weighted by molar-refractivity contribution is -0.132. The monoisotopic (exact) mass is 372 g/mol. The van der Waals surface area contributed by atoms with Crippen molar-refractivity contribution in [2.75, 3.05) is 6.54 Å². The number of carbonyl (C=O) groups is 1. The minimum absolute atomic E-state index is 0.135. The van der Waals surface area contributed by atoms with Gasteiger partial charge in [-0.2, -0.15) is 5.10 Å². The van der Waals surface area contributed by atoms with E-state index in [2.05, 4.69) is 28.2 Å². The lowest BCUT2D eigenvalue weighted by Crippen LogP contribution is -2.33. The van der Waals surface area contributed by atoms with Crippen LogP contribution in [0.5, 0.6) is 0 Å². The SMILES string of the molecule is N=[N+]=NCC(=O)N1N=C2/C(=C\c3ccccc3)CCCC2C1c1ccccc1. The maximum Gasteiger partial charge on any atom is 0.272 e. The van der Waals surface area contributed by atoms with Gasteiger partial charge < -0.3 is 0 Å². The van der Waals surface area contributed by atoms with Crippen LogP contribution in [-0.2, 0) is 4.79 Å². The van der Waals surface area contributed by atoms with Gasteiger partial charge in [-0.3, -0.25) is 4.79 Å². The highest BCUT2D eigenvalue weighted by Crippen LogP contribution is 2.44. The van der Waals surface area contributed by atoms with E-state index >= 15 is 0 Å². The van der Waals surface area contributed by atoms with E-state index in [0.29, 0.717) is 0 Å². The molecule has 1 aliphatic heterocycles. The van der Waals surface area contributed by atoms with E-state index in [-0.39, 0.29) is 24.4 Å². The summed E-state index contributed by atoms with van der Waals surface area (Å²) < 4.78 is 0. The van der Waals surface area contributed by atoms with E-state index in [4.69, 9.17) is 10.6 Å². The Morgan fingerprint density at radius 3 is 2.61 bits per heavy atom. The second kappa shape index (κ2) is 8.11. The van der Waals surface area contributed by atoms with E-state index in [0.717, 1.165) is 36.1 Å². The molecule has 1 saturated carbocycles. The predicted molar refractivity (Wildman–Crippen MR) is 107 cm³/mol. The Kier molecular flexibility index (Phi) is 5.22. The normalized spacial score (nSPS) is 22.4. The average Bonchev–Trinajstić information content (AvgIpc) is 3.14. The third kappa shape index (κ3) is 3.55. The number of fused-ring (bicyclic) bond motifs is 1. The first-order chi connectivity index (χ1) is 13.8. The van der Waals surface area contributed by atoms with Crippen molar-refractivity contribution in [3.8, 4) is 0 Å². The summed E-state index contributed by atoms with van der Waals surface area (Å²) in [5, 5.41) is 9.90. The van der Waals surface area contributed by atoms with Gasteiger partial charge in [0.05, 0.1) is 11.8 Å². The zero-order valence-electron chi connectivity index (χ0n) is 15.5. The first-order valence-corrected chi connectivity index (χ1v) is 9.52. The molecule has 1 N–H and O–H groups in total. The quantitative estimate of drug-likeness (QED) is 0.628. The Morgan fingerprint density at radius 1 is 1.18 bits per heavy atom. The average molecular weight is 372 g/mol. The standard InChI is InChI=1S/C22H22N5O/c23-26-24-15-20(28)27-22(17-10-5-2-6-11-17)19-13-7-12-18(21(19)25-27)14-16-8-3-1-4-9-16/h1-6,8-11,14,19,22-23H,7,12-13,15H2/q+1/b18-14-. The van der Waals surface area contributed by atoms with Crippen LogP contribution in [0.25, 0.3) is 6.08 Å². The molecule has 28 heavy (non-hydrogen) atoms. The fourth-order valence-electron chi connectivity index (χ4n) is 4.11. The molecule has 0 aromatic heterocycles. The molecule has 2 atom stereocenters. The van der Waals surface area contributed by atoms with Crippen LogP contribution in [0.3, 0.4) is 0 Å². The highest BCUT2D eigenvalue weighted by Gasteiger charge is 2.43. The molecule has 4 rings (SSSR count). The predicted octanol–water partition coefficient (Wildman–Crippen LogP) is 4.36. The van der Waals surface area contributed by atoms with Gasteiger partial charge in [0.2, 0.25) is 11.5 Å². The number of hydrazone groups is 1. The number of nitrogens with zero attached hydrogens (tertiary/aromatic N) is 4. The number of nitrogens with one attached hydrogen (secondary N) is 1. The summed E-state index contributed by atoms with van der Waals surface area (Å²) in [6, 6.07) is 20.1. The van der Waals surface area contributed by atoms with Gasteiger partial charge in [-0.1, -0.05) is 60.7 Å². The molecule has 6 nitrogen and oxygen atoms in total. The molecule has 0 saturated heterocycles. The molecule has 1 fully saturated rings. The molecular formula is C22H22N5O+. The van der Waals surface area contributed by atoms with Crippen LogP contribution in [-0.4, -0.2) is 23.2 Å². The first kappa shape index (κ1) is 18.0. The molecule has 0 radical (unpaired) electrons. The van der Waals surface area contributed by atoms with Crippen molar-refractivity contribution in [2.24, 2.45) is 16.1 Å². The Balaban J connectivity index is 1.74. The fraction of sp³-hybridized carbons (Fsp3) is 0.273. The summed E-state index contributed by atoms with van der Waals surface area (Å²) in [5.74, 6) is -0.0613. The van der Waals surface area contributed by atoms with E-state index in [1.165, 1.54) is 5.57 Å². The molecule has 140 valence electrons. The third-order valence-corrected chi connectivity index (χ3v) is 5.32. The molecule has 6 heteroatoms. The molecule has 2 unspecified atom stereocenters. The van der Waals surface area contributed by atoms with Crippen molar-refractivity contribution in [3.63, 3.8) is 0 Å². The van der Waals surface area contributed by atoms with Crippen molar-refractivity contribution in [2.45, 2.75) is 25.3 Å². The highest BCUT2D eigenvalue weighted by atomic mass is 16.2. The summed E-state index contributed by atoms with van der Waals surface area (Å²) in [4.78, 5) is 15.7. The number of rotatable bonds is 4. The third-order valence-electron chi connectivity index (χ3n) is 5.32. The zero-order chi connectivity index (χ0) is 19.3. The second-order valence-electron chi connectivity index (χ2n) is 7.06. The van der Waals surface area contributed by atoms with Gasteiger partial charge in [-0.15, -0.1) is 0 Å². The van der Waals surface area contributed by atoms with Crippen LogP contribution in [0.4, 0.5) is 0 Å². The Morgan fingerprint density at radius 2 is 1.89 bits per heavy atom. The molecule has 2 aromatic rings. The van der Waals surface area contributed by atoms with Crippen LogP contribution < -0.4 is 4.91 Å². The fourth-order valence-corrected chi connectivity index (χ4v) is 4.11.